The molecule has 0 spiro atoms. The molecule has 0 bridgehead atoms. The van der Waals surface area contributed by atoms with Gasteiger partial charge in [0.05, 0.1) is 5.56 Å². The molecule has 0 unspecified atom stereocenters. The molecule has 1 aromatic carbocycles. The fourth-order valence-corrected chi connectivity index (χ4v) is 1.51. The Morgan fingerprint density at radius 2 is 1.68 bits per heavy atom. The number of alkyl halides is 2. The van der Waals surface area contributed by atoms with Gasteiger partial charge in [-0.05, 0) is 24.3 Å². The summed E-state index contributed by atoms with van der Waals surface area (Å²) in [6.07, 6.45) is 0. The van der Waals surface area contributed by atoms with Gasteiger partial charge in [0.15, 0.2) is 12.4 Å². The second kappa shape index (κ2) is 6.61. The fourth-order valence-electron chi connectivity index (χ4n) is 1.51. The topological polar surface area (TPSA) is 126 Å². The number of carbonyl (C=O) groups excluding carboxylic acids is 1. The van der Waals surface area contributed by atoms with Crippen LogP contribution in [-0.4, -0.2) is 27.5 Å². The minimum atomic E-state index is -2.93. The lowest BCUT2D eigenvalue weighted by atomic mass is 10.2. The van der Waals surface area contributed by atoms with Crippen molar-refractivity contribution in [1.82, 2.24) is 15.0 Å². The zero-order chi connectivity index (χ0) is 16.1. The summed E-state index contributed by atoms with van der Waals surface area (Å²) in [4.78, 5) is 22.8. The standard InChI is InChI=1S/C12H11F2N5O3/c13-10(14)22-7-3-1-6(2-4-7)9(20)21-5-8-17-11(15)19-12(16)18-8/h1-4,10H,5H2,(H4,15,16,17,18,19). The van der Waals surface area contributed by atoms with Gasteiger partial charge in [0.25, 0.3) is 0 Å². The van der Waals surface area contributed by atoms with Gasteiger partial charge in [0, 0.05) is 0 Å². The van der Waals surface area contributed by atoms with Crippen LogP contribution in [0.25, 0.3) is 0 Å². The van der Waals surface area contributed by atoms with Gasteiger partial charge in [-0.2, -0.15) is 23.7 Å². The van der Waals surface area contributed by atoms with Crippen LogP contribution < -0.4 is 16.2 Å². The van der Waals surface area contributed by atoms with Crippen molar-refractivity contribution < 1.29 is 23.0 Å². The highest BCUT2D eigenvalue weighted by Gasteiger charge is 2.11. The van der Waals surface area contributed by atoms with Crippen LogP contribution in [0.15, 0.2) is 24.3 Å². The second-order valence-electron chi connectivity index (χ2n) is 3.95. The first-order chi connectivity index (χ1) is 10.4. The molecule has 10 heteroatoms. The first-order valence-corrected chi connectivity index (χ1v) is 5.92. The van der Waals surface area contributed by atoms with Crippen molar-refractivity contribution in [2.24, 2.45) is 0 Å². The molecule has 22 heavy (non-hydrogen) atoms. The third-order valence-corrected chi connectivity index (χ3v) is 2.36. The Hall–Kier alpha value is -3.04. The number of carbonyl (C=O) groups is 1. The van der Waals surface area contributed by atoms with Crippen molar-refractivity contribution in [3.63, 3.8) is 0 Å². The number of anilines is 2. The van der Waals surface area contributed by atoms with E-state index in [9.17, 15) is 13.6 Å². The summed E-state index contributed by atoms with van der Waals surface area (Å²) < 4.78 is 33.1. The van der Waals surface area contributed by atoms with Gasteiger partial charge in [-0.25, -0.2) is 4.79 Å². The molecule has 1 aromatic heterocycles. The van der Waals surface area contributed by atoms with Crippen LogP contribution in [0.1, 0.15) is 16.2 Å². The molecule has 0 fully saturated rings. The molecular weight excluding hydrogens is 300 g/mol. The van der Waals surface area contributed by atoms with Crippen LogP contribution >= 0.6 is 0 Å². The number of rotatable bonds is 5. The molecule has 1 heterocycles. The highest BCUT2D eigenvalue weighted by molar-refractivity contribution is 5.89. The average Bonchev–Trinajstić information content (AvgIpc) is 2.44. The molecule has 116 valence electrons. The van der Waals surface area contributed by atoms with Crippen molar-refractivity contribution in [1.29, 1.82) is 0 Å². The minimum Gasteiger partial charge on any atom is -0.454 e. The van der Waals surface area contributed by atoms with Gasteiger partial charge in [-0.15, -0.1) is 0 Å². The van der Waals surface area contributed by atoms with Crippen LogP contribution in [-0.2, 0) is 11.3 Å². The Balaban J connectivity index is 1.97. The Morgan fingerprint density at radius 3 is 2.23 bits per heavy atom. The van der Waals surface area contributed by atoms with E-state index < -0.39 is 12.6 Å². The lowest BCUT2D eigenvalue weighted by Gasteiger charge is -2.06. The third-order valence-electron chi connectivity index (χ3n) is 2.36. The number of benzene rings is 1. The van der Waals surface area contributed by atoms with E-state index in [0.29, 0.717) is 0 Å². The number of aromatic nitrogens is 3. The normalized spacial score (nSPS) is 10.5. The van der Waals surface area contributed by atoms with Crippen molar-refractivity contribution in [2.75, 3.05) is 11.5 Å². The Morgan fingerprint density at radius 1 is 1.09 bits per heavy atom. The Kier molecular flexibility index (Phi) is 4.61. The van der Waals surface area contributed by atoms with Crippen LogP contribution in [0.3, 0.4) is 0 Å². The molecule has 0 aliphatic heterocycles. The van der Waals surface area contributed by atoms with E-state index >= 15 is 0 Å². The predicted molar refractivity (Wildman–Crippen MR) is 70.8 cm³/mol. The maximum atomic E-state index is 12.0. The second-order valence-corrected chi connectivity index (χ2v) is 3.95. The van der Waals surface area contributed by atoms with Crippen molar-refractivity contribution in [2.45, 2.75) is 13.2 Å². The van der Waals surface area contributed by atoms with E-state index in [4.69, 9.17) is 16.2 Å². The van der Waals surface area contributed by atoms with Gasteiger partial charge < -0.3 is 20.9 Å². The summed E-state index contributed by atoms with van der Waals surface area (Å²) in [5.41, 5.74) is 10.9. The van der Waals surface area contributed by atoms with E-state index in [1.807, 2.05) is 0 Å². The van der Waals surface area contributed by atoms with E-state index in [1.165, 1.54) is 24.3 Å². The molecule has 2 aromatic rings. The molecule has 2 rings (SSSR count). The van der Waals surface area contributed by atoms with Crippen LogP contribution in [0.5, 0.6) is 5.75 Å². The number of ether oxygens (including phenoxy) is 2. The number of hydrogen-bond acceptors (Lipinski definition) is 8. The molecule has 0 radical (unpaired) electrons. The van der Waals surface area contributed by atoms with Crippen LogP contribution in [0.4, 0.5) is 20.7 Å². The molecule has 0 atom stereocenters. The van der Waals surface area contributed by atoms with E-state index in [0.717, 1.165) is 0 Å². The molecule has 4 N–H and O–H groups in total. The number of nitrogen functional groups attached to an aromatic ring is 2. The van der Waals surface area contributed by atoms with Gasteiger partial charge >= 0.3 is 12.6 Å². The molecular formula is C12H11F2N5O3. The quantitative estimate of drug-likeness (QED) is 0.783. The zero-order valence-corrected chi connectivity index (χ0v) is 11.1. The van der Waals surface area contributed by atoms with Crippen molar-refractivity contribution in [3.05, 3.63) is 35.7 Å². The maximum Gasteiger partial charge on any atom is 0.387 e. The number of hydrogen-bond donors (Lipinski definition) is 2. The Bertz CT molecular complexity index is 646. The molecule has 0 aliphatic rings. The highest BCUT2D eigenvalue weighted by Crippen LogP contribution is 2.15. The SMILES string of the molecule is Nc1nc(N)nc(COC(=O)c2ccc(OC(F)F)cc2)n1. The summed E-state index contributed by atoms with van der Waals surface area (Å²) in [6.45, 7) is -3.19. The first kappa shape index (κ1) is 15.4. The number of nitrogens with zero attached hydrogens (tertiary/aromatic N) is 3. The fraction of sp³-hybridized carbons (Fsp3) is 0.167. The zero-order valence-electron chi connectivity index (χ0n) is 11.1. The molecule has 0 amide bonds. The van der Waals surface area contributed by atoms with Crippen molar-refractivity contribution in [3.8, 4) is 5.75 Å². The smallest absolute Gasteiger partial charge is 0.387 e. The summed E-state index contributed by atoms with van der Waals surface area (Å²) >= 11 is 0. The predicted octanol–water partition coefficient (Wildman–Crippen LogP) is 0.994. The van der Waals surface area contributed by atoms with Crippen LogP contribution in [0.2, 0.25) is 0 Å². The minimum absolute atomic E-state index is 0.0652. The lowest BCUT2D eigenvalue weighted by molar-refractivity contribution is -0.0498. The van der Waals surface area contributed by atoms with E-state index in [-0.39, 0.29) is 35.6 Å². The highest BCUT2D eigenvalue weighted by atomic mass is 19.3. The number of halogens is 2. The van der Waals surface area contributed by atoms with Gasteiger partial charge in [0.2, 0.25) is 11.9 Å². The first-order valence-electron chi connectivity index (χ1n) is 5.92. The number of esters is 1. The van der Waals surface area contributed by atoms with E-state index in [2.05, 4.69) is 19.7 Å². The maximum absolute atomic E-state index is 12.0. The van der Waals surface area contributed by atoms with Gasteiger partial charge in [0.1, 0.15) is 5.75 Å². The van der Waals surface area contributed by atoms with Crippen LogP contribution in [0, 0.1) is 0 Å². The average molecular weight is 311 g/mol. The molecule has 0 aliphatic carbocycles. The van der Waals surface area contributed by atoms with Gasteiger partial charge in [-0.3, -0.25) is 0 Å². The molecule has 8 nitrogen and oxygen atoms in total. The summed E-state index contributed by atoms with van der Waals surface area (Å²) in [5, 5.41) is 0. The monoisotopic (exact) mass is 311 g/mol. The summed E-state index contributed by atoms with van der Waals surface area (Å²) in [5.74, 6) is -0.846. The summed E-state index contributed by atoms with van der Waals surface area (Å²) in [7, 11) is 0. The summed E-state index contributed by atoms with van der Waals surface area (Å²) in [6, 6.07) is 5.02. The Labute approximate surface area is 123 Å². The van der Waals surface area contributed by atoms with Gasteiger partial charge in [-0.1, -0.05) is 0 Å². The van der Waals surface area contributed by atoms with Crippen molar-refractivity contribution >= 4 is 17.9 Å². The molecule has 0 saturated carbocycles. The molecule has 0 saturated heterocycles. The lowest BCUT2D eigenvalue weighted by Crippen LogP contribution is -2.11. The largest absolute Gasteiger partial charge is 0.454 e. The van der Waals surface area contributed by atoms with E-state index in [1.54, 1.807) is 0 Å². The number of nitrogens with two attached hydrogens (primary N) is 2. The third kappa shape index (κ3) is 4.23.